The summed E-state index contributed by atoms with van der Waals surface area (Å²) in [5.41, 5.74) is 3.65. The number of pyridine rings is 1. The Morgan fingerprint density at radius 3 is 2.22 bits per heavy atom. The first-order chi connectivity index (χ1) is 17.3. The van der Waals surface area contributed by atoms with Crippen molar-refractivity contribution in [1.29, 1.82) is 0 Å². The Morgan fingerprint density at radius 2 is 1.50 bits per heavy atom. The van der Waals surface area contributed by atoms with Gasteiger partial charge in [0.1, 0.15) is 0 Å². The number of rotatable bonds is 5. The van der Waals surface area contributed by atoms with E-state index in [2.05, 4.69) is 32.7 Å². The second-order valence-corrected chi connectivity index (χ2v) is 10.0. The predicted octanol–water partition coefficient (Wildman–Crippen LogP) is 4.46. The highest BCUT2D eigenvalue weighted by atomic mass is 32.2. The molecule has 0 fully saturated rings. The summed E-state index contributed by atoms with van der Waals surface area (Å²) < 4.78 is 15.3. The normalized spacial score (nSPS) is 11.9. The average Bonchev–Trinajstić information content (AvgIpc) is 2.89. The topological polar surface area (TPSA) is 88.2 Å². The van der Waals surface area contributed by atoms with Crippen LogP contribution in [-0.4, -0.2) is 26.9 Å². The van der Waals surface area contributed by atoms with Crippen molar-refractivity contribution in [2.24, 2.45) is 0 Å². The molecule has 0 saturated carbocycles. The van der Waals surface area contributed by atoms with E-state index in [9.17, 15) is 13.8 Å². The highest BCUT2D eigenvalue weighted by Gasteiger charge is 2.14. The summed E-state index contributed by atoms with van der Waals surface area (Å²) in [6.07, 6.45) is 2.92. The molecular formula is C29H23N3O3S. The SMILES string of the molecule is C=S(=O)(NC(=O)c1cncc(C#Cc2ccc(NC(=O)c3ccccc3C)cc2)c1)c1ccccc1. The Morgan fingerprint density at radius 1 is 0.833 bits per heavy atom. The van der Waals surface area contributed by atoms with Crippen molar-refractivity contribution in [3.63, 3.8) is 0 Å². The summed E-state index contributed by atoms with van der Waals surface area (Å²) in [5.74, 6) is 8.94. The third kappa shape index (κ3) is 6.06. The molecule has 0 aliphatic heterocycles. The van der Waals surface area contributed by atoms with Crippen molar-refractivity contribution in [2.45, 2.75) is 11.8 Å². The number of hydrogen-bond acceptors (Lipinski definition) is 4. The summed E-state index contributed by atoms with van der Waals surface area (Å²) in [6.45, 7) is 1.89. The standard InChI is InChI=1S/C29H23N3O3S/c1-21-8-6-7-11-27(21)29(34)31-25-16-14-22(15-17-25)12-13-23-18-24(20-30-19-23)28(33)32-36(2,35)26-9-4-3-5-10-26/h3-11,14-20H,2H2,1H3,(H,31,34)(H,32,33,35). The van der Waals surface area contributed by atoms with Crippen LogP contribution in [0.25, 0.3) is 0 Å². The Hall–Kier alpha value is -4.67. The van der Waals surface area contributed by atoms with Crippen molar-refractivity contribution < 1.29 is 13.8 Å². The van der Waals surface area contributed by atoms with Crippen LogP contribution in [0.15, 0.2) is 102 Å². The predicted molar refractivity (Wildman–Crippen MR) is 143 cm³/mol. The maximum absolute atomic E-state index is 12.8. The fourth-order valence-corrected chi connectivity index (χ4v) is 4.48. The van der Waals surface area contributed by atoms with Gasteiger partial charge in [-0.15, -0.1) is 0 Å². The number of amides is 2. The van der Waals surface area contributed by atoms with E-state index in [1.54, 1.807) is 72.9 Å². The number of carbonyl (C=O) groups is 2. The van der Waals surface area contributed by atoms with Crippen LogP contribution in [0.3, 0.4) is 0 Å². The highest BCUT2D eigenvalue weighted by Crippen LogP contribution is 2.14. The zero-order chi connectivity index (χ0) is 25.5. The summed E-state index contributed by atoms with van der Waals surface area (Å²) in [4.78, 5) is 29.7. The smallest absolute Gasteiger partial charge is 0.264 e. The van der Waals surface area contributed by atoms with E-state index in [4.69, 9.17) is 0 Å². The molecule has 1 atom stereocenters. The fourth-order valence-electron chi connectivity index (χ4n) is 3.35. The first kappa shape index (κ1) is 24.5. The van der Waals surface area contributed by atoms with Crippen LogP contribution < -0.4 is 10.0 Å². The lowest BCUT2D eigenvalue weighted by Crippen LogP contribution is -2.30. The second kappa shape index (κ2) is 10.7. The number of carbonyl (C=O) groups excluding carboxylic acids is 2. The van der Waals surface area contributed by atoms with E-state index < -0.39 is 15.6 Å². The molecule has 2 N–H and O–H groups in total. The van der Waals surface area contributed by atoms with E-state index in [-0.39, 0.29) is 11.5 Å². The number of anilines is 1. The van der Waals surface area contributed by atoms with Crippen molar-refractivity contribution in [2.75, 3.05) is 5.32 Å². The monoisotopic (exact) mass is 493 g/mol. The molecule has 3 aromatic carbocycles. The van der Waals surface area contributed by atoms with Gasteiger partial charge in [0, 0.05) is 39.7 Å². The molecule has 1 heterocycles. The fraction of sp³-hybridized carbons (Fsp3) is 0.0345. The summed E-state index contributed by atoms with van der Waals surface area (Å²) >= 11 is 0. The number of aromatic nitrogens is 1. The van der Waals surface area contributed by atoms with Gasteiger partial charge < -0.3 is 5.32 Å². The van der Waals surface area contributed by atoms with E-state index >= 15 is 0 Å². The molecule has 0 aliphatic rings. The Kier molecular flexibility index (Phi) is 7.28. The Labute approximate surface area is 210 Å². The Balaban J connectivity index is 1.43. The number of aryl methyl sites for hydroxylation is 1. The van der Waals surface area contributed by atoms with Crippen LogP contribution in [-0.2, 0) is 9.71 Å². The molecule has 178 valence electrons. The van der Waals surface area contributed by atoms with E-state index in [0.717, 1.165) is 11.1 Å². The molecule has 1 aromatic heterocycles. The van der Waals surface area contributed by atoms with Crippen LogP contribution in [0.4, 0.5) is 5.69 Å². The number of nitrogens with one attached hydrogen (secondary N) is 2. The van der Waals surface area contributed by atoms with Gasteiger partial charge in [-0.1, -0.05) is 48.2 Å². The summed E-state index contributed by atoms with van der Waals surface area (Å²) in [6, 6.07) is 24.7. The summed E-state index contributed by atoms with van der Waals surface area (Å²) in [5, 5.41) is 2.88. The number of hydrogen-bond donors (Lipinski definition) is 2. The van der Waals surface area contributed by atoms with Gasteiger partial charge >= 0.3 is 0 Å². The summed E-state index contributed by atoms with van der Waals surface area (Å²) in [7, 11) is -3.00. The third-order valence-electron chi connectivity index (χ3n) is 5.27. The second-order valence-electron chi connectivity index (χ2n) is 7.98. The molecular weight excluding hydrogens is 470 g/mol. The molecule has 36 heavy (non-hydrogen) atoms. The van der Waals surface area contributed by atoms with Crippen molar-refractivity contribution in [3.05, 3.63) is 125 Å². The van der Waals surface area contributed by atoms with E-state index in [1.165, 1.54) is 6.20 Å². The minimum absolute atomic E-state index is 0.174. The molecule has 7 heteroatoms. The van der Waals surface area contributed by atoms with E-state index in [1.807, 2.05) is 25.1 Å². The molecule has 0 saturated heterocycles. The van der Waals surface area contributed by atoms with Crippen LogP contribution in [0, 0.1) is 18.8 Å². The molecule has 1 unspecified atom stereocenters. The molecule has 0 radical (unpaired) electrons. The maximum atomic E-state index is 12.8. The van der Waals surface area contributed by atoms with Gasteiger partial charge in [0.2, 0.25) is 0 Å². The van der Waals surface area contributed by atoms with Gasteiger partial charge in [0.25, 0.3) is 11.8 Å². The molecule has 0 aliphatic carbocycles. The molecule has 0 bridgehead atoms. The quantitative estimate of drug-likeness (QED) is 0.317. The maximum Gasteiger partial charge on any atom is 0.264 e. The minimum Gasteiger partial charge on any atom is -0.322 e. The van der Waals surface area contributed by atoms with Crippen LogP contribution >= 0.6 is 0 Å². The van der Waals surface area contributed by atoms with Crippen molar-refractivity contribution in [3.8, 4) is 11.8 Å². The van der Waals surface area contributed by atoms with Gasteiger partial charge in [0.05, 0.1) is 15.3 Å². The Bertz CT molecular complexity index is 1580. The lowest BCUT2D eigenvalue weighted by atomic mass is 10.1. The van der Waals surface area contributed by atoms with Gasteiger partial charge in [-0.25, -0.2) is 4.21 Å². The molecule has 2 amide bonds. The highest BCUT2D eigenvalue weighted by molar-refractivity contribution is 7.99. The number of benzene rings is 3. The van der Waals surface area contributed by atoms with Gasteiger partial charge in [-0.05, 0) is 66.9 Å². The zero-order valence-electron chi connectivity index (χ0n) is 19.5. The third-order valence-corrected chi connectivity index (χ3v) is 6.81. The minimum atomic E-state index is -3.00. The van der Waals surface area contributed by atoms with E-state index in [0.29, 0.717) is 21.7 Å². The molecule has 4 aromatic rings. The van der Waals surface area contributed by atoms with Crippen molar-refractivity contribution in [1.82, 2.24) is 9.71 Å². The average molecular weight is 494 g/mol. The van der Waals surface area contributed by atoms with Gasteiger partial charge in [0.15, 0.2) is 0 Å². The van der Waals surface area contributed by atoms with Gasteiger partial charge in [-0.3, -0.25) is 19.3 Å². The molecule has 4 rings (SSSR count). The zero-order valence-corrected chi connectivity index (χ0v) is 20.3. The largest absolute Gasteiger partial charge is 0.322 e. The first-order valence-electron chi connectivity index (χ1n) is 11.0. The first-order valence-corrected chi connectivity index (χ1v) is 12.7. The molecule has 0 spiro atoms. The molecule has 6 nitrogen and oxygen atoms in total. The number of nitrogens with zero attached hydrogens (tertiary/aromatic N) is 1. The van der Waals surface area contributed by atoms with Crippen LogP contribution in [0.5, 0.6) is 0 Å². The van der Waals surface area contributed by atoms with Crippen LogP contribution in [0.1, 0.15) is 37.4 Å². The van der Waals surface area contributed by atoms with Crippen LogP contribution in [0.2, 0.25) is 0 Å². The lowest BCUT2D eigenvalue weighted by Gasteiger charge is -2.11. The lowest BCUT2D eigenvalue weighted by molar-refractivity contribution is 0.0980. The van der Waals surface area contributed by atoms with Gasteiger partial charge in [-0.2, -0.15) is 0 Å². The van der Waals surface area contributed by atoms with Crippen molar-refractivity contribution >= 4 is 33.1 Å².